The molecule has 0 aromatic rings. The highest BCUT2D eigenvalue weighted by Gasteiger charge is 2.38. The van der Waals surface area contributed by atoms with Crippen LogP contribution in [0.3, 0.4) is 0 Å². The van der Waals surface area contributed by atoms with Crippen LogP contribution in [0, 0.1) is 5.92 Å². The van der Waals surface area contributed by atoms with Gasteiger partial charge >= 0.3 is 0 Å². The van der Waals surface area contributed by atoms with Gasteiger partial charge in [-0.25, -0.2) is 8.42 Å². The van der Waals surface area contributed by atoms with Crippen molar-refractivity contribution in [1.29, 1.82) is 0 Å². The Kier molecular flexibility index (Phi) is 5.41. The van der Waals surface area contributed by atoms with Crippen LogP contribution in [0.5, 0.6) is 0 Å². The Morgan fingerprint density at radius 1 is 1.35 bits per heavy atom. The predicted octanol–water partition coefficient (Wildman–Crippen LogP) is 1.43. The van der Waals surface area contributed by atoms with Crippen LogP contribution in [0.15, 0.2) is 0 Å². The van der Waals surface area contributed by atoms with Crippen LogP contribution in [-0.4, -0.2) is 43.6 Å². The van der Waals surface area contributed by atoms with Crippen LogP contribution < -0.4 is 5.32 Å². The second kappa shape index (κ2) is 6.16. The first-order valence-electron chi connectivity index (χ1n) is 6.62. The van der Waals surface area contributed by atoms with Crippen molar-refractivity contribution in [2.45, 2.75) is 51.8 Å². The van der Waals surface area contributed by atoms with E-state index >= 15 is 0 Å². The molecule has 1 rings (SSSR count). The fourth-order valence-electron chi connectivity index (χ4n) is 2.43. The lowest BCUT2D eigenvalue weighted by molar-refractivity contribution is 0.312. The Bertz CT molecular complexity index is 327. The molecular formula is C12H26N2O2S. The molecule has 0 bridgehead atoms. The summed E-state index contributed by atoms with van der Waals surface area (Å²) in [6.07, 6.45) is 2.00. The summed E-state index contributed by atoms with van der Waals surface area (Å²) in [7, 11) is -3.13. The molecule has 0 aliphatic carbocycles. The normalized spacial score (nSPS) is 24.4. The zero-order chi connectivity index (χ0) is 13.1. The van der Waals surface area contributed by atoms with Gasteiger partial charge < -0.3 is 5.32 Å². The quantitative estimate of drug-likeness (QED) is 0.788. The van der Waals surface area contributed by atoms with Crippen molar-refractivity contribution in [3.8, 4) is 0 Å². The first-order chi connectivity index (χ1) is 7.91. The molecule has 2 atom stereocenters. The van der Waals surface area contributed by atoms with Gasteiger partial charge in [0.2, 0.25) is 10.0 Å². The molecule has 0 radical (unpaired) electrons. The summed E-state index contributed by atoms with van der Waals surface area (Å²) in [5.74, 6) is 0.401. The summed E-state index contributed by atoms with van der Waals surface area (Å²) in [6, 6.07) is 0.198. The van der Waals surface area contributed by atoms with Gasteiger partial charge in [-0.2, -0.15) is 4.31 Å². The van der Waals surface area contributed by atoms with Crippen LogP contribution in [0.2, 0.25) is 0 Å². The molecular weight excluding hydrogens is 236 g/mol. The second-order valence-electron chi connectivity index (χ2n) is 5.23. The Morgan fingerprint density at radius 3 is 2.53 bits per heavy atom. The third-order valence-electron chi connectivity index (χ3n) is 3.53. The van der Waals surface area contributed by atoms with E-state index in [0.29, 0.717) is 19.0 Å². The SMILES string of the molecule is CCNCC(C)S(=O)(=O)N1CCCC1C(C)C. The van der Waals surface area contributed by atoms with Crippen LogP contribution in [0.25, 0.3) is 0 Å². The molecule has 1 aliphatic heterocycles. The fourth-order valence-corrected chi connectivity index (χ4v) is 4.33. The van der Waals surface area contributed by atoms with Gasteiger partial charge in [0.05, 0.1) is 5.25 Å². The molecule has 0 aromatic carbocycles. The van der Waals surface area contributed by atoms with Gasteiger partial charge in [-0.1, -0.05) is 20.8 Å². The Morgan fingerprint density at radius 2 is 2.00 bits per heavy atom. The van der Waals surface area contributed by atoms with Crippen LogP contribution in [0.1, 0.15) is 40.5 Å². The Balaban J connectivity index is 2.75. The topological polar surface area (TPSA) is 49.4 Å². The molecule has 0 aromatic heterocycles. The minimum Gasteiger partial charge on any atom is -0.316 e. The molecule has 4 nitrogen and oxygen atoms in total. The molecule has 5 heteroatoms. The Hall–Kier alpha value is -0.130. The summed E-state index contributed by atoms with van der Waals surface area (Å²) in [4.78, 5) is 0. The summed E-state index contributed by atoms with van der Waals surface area (Å²) >= 11 is 0. The molecule has 1 N–H and O–H groups in total. The van der Waals surface area contributed by atoms with Gasteiger partial charge in [0.1, 0.15) is 0 Å². The fraction of sp³-hybridized carbons (Fsp3) is 1.00. The van der Waals surface area contributed by atoms with Crippen molar-refractivity contribution >= 4 is 10.0 Å². The molecule has 102 valence electrons. The van der Waals surface area contributed by atoms with E-state index in [2.05, 4.69) is 19.2 Å². The largest absolute Gasteiger partial charge is 0.316 e. The minimum atomic E-state index is -3.13. The van der Waals surface area contributed by atoms with E-state index in [1.807, 2.05) is 6.92 Å². The molecule has 2 unspecified atom stereocenters. The van der Waals surface area contributed by atoms with Gasteiger partial charge in [0, 0.05) is 19.1 Å². The third kappa shape index (κ3) is 3.42. The van der Waals surface area contributed by atoms with Crippen LogP contribution in [-0.2, 0) is 10.0 Å². The first-order valence-corrected chi connectivity index (χ1v) is 8.13. The van der Waals surface area contributed by atoms with Gasteiger partial charge in [0.15, 0.2) is 0 Å². The molecule has 1 fully saturated rings. The lowest BCUT2D eigenvalue weighted by Gasteiger charge is -2.29. The average Bonchev–Trinajstić information content (AvgIpc) is 2.75. The van der Waals surface area contributed by atoms with Gasteiger partial charge in [-0.3, -0.25) is 0 Å². The van der Waals surface area contributed by atoms with E-state index in [1.54, 1.807) is 11.2 Å². The number of nitrogens with zero attached hydrogens (tertiary/aromatic N) is 1. The van der Waals surface area contributed by atoms with Crippen molar-refractivity contribution in [3.05, 3.63) is 0 Å². The van der Waals surface area contributed by atoms with Crippen molar-refractivity contribution in [3.63, 3.8) is 0 Å². The molecule has 17 heavy (non-hydrogen) atoms. The van der Waals surface area contributed by atoms with Crippen LogP contribution >= 0.6 is 0 Å². The van der Waals surface area contributed by atoms with Crippen LogP contribution in [0.4, 0.5) is 0 Å². The second-order valence-corrected chi connectivity index (χ2v) is 7.53. The van der Waals surface area contributed by atoms with Crippen molar-refractivity contribution < 1.29 is 8.42 Å². The smallest absolute Gasteiger partial charge is 0.218 e. The highest BCUT2D eigenvalue weighted by Crippen LogP contribution is 2.28. The molecule has 1 saturated heterocycles. The third-order valence-corrected chi connectivity index (χ3v) is 5.83. The van der Waals surface area contributed by atoms with Crippen molar-refractivity contribution in [2.75, 3.05) is 19.6 Å². The number of rotatable bonds is 6. The number of nitrogens with one attached hydrogen (secondary N) is 1. The zero-order valence-corrected chi connectivity index (χ0v) is 12.3. The summed E-state index contributed by atoms with van der Waals surface area (Å²) in [5.41, 5.74) is 0. The molecule has 0 spiro atoms. The maximum absolute atomic E-state index is 12.4. The van der Waals surface area contributed by atoms with E-state index in [-0.39, 0.29) is 11.3 Å². The van der Waals surface area contributed by atoms with Crippen molar-refractivity contribution in [1.82, 2.24) is 9.62 Å². The predicted molar refractivity (Wildman–Crippen MR) is 71.5 cm³/mol. The first kappa shape index (κ1) is 14.9. The zero-order valence-electron chi connectivity index (χ0n) is 11.4. The summed E-state index contributed by atoms with van der Waals surface area (Å²) in [6.45, 7) is 10.1. The summed E-state index contributed by atoms with van der Waals surface area (Å²) < 4.78 is 26.6. The van der Waals surface area contributed by atoms with Gasteiger partial charge in [-0.05, 0) is 32.2 Å². The number of sulfonamides is 1. The molecule has 1 heterocycles. The Labute approximate surface area is 106 Å². The van der Waals surface area contributed by atoms with E-state index in [1.165, 1.54) is 0 Å². The van der Waals surface area contributed by atoms with E-state index in [9.17, 15) is 8.42 Å². The maximum atomic E-state index is 12.4. The highest BCUT2D eigenvalue weighted by molar-refractivity contribution is 7.89. The minimum absolute atomic E-state index is 0.198. The van der Waals surface area contributed by atoms with Gasteiger partial charge in [0.25, 0.3) is 0 Å². The maximum Gasteiger partial charge on any atom is 0.218 e. The molecule has 1 aliphatic rings. The highest BCUT2D eigenvalue weighted by atomic mass is 32.2. The summed E-state index contributed by atoms with van der Waals surface area (Å²) in [5, 5.41) is 2.78. The van der Waals surface area contributed by atoms with Gasteiger partial charge in [-0.15, -0.1) is 0 Å². The van der Waals surface area contributed by atoms with E-state index < -0.39 is 10.0 Å². The van der Waals surface area contributed by atoms with E-state index in [4.69, 9.17) is 0 Å². The average molecular weight is 262 g/mol. The van der Waals surface area contributed by atoms with E-state index in [0.717, 1.165) is 19.4 Å². The molecule has 0 amide bonds. The standard InChI is InChI=1S/C12H26N2O2S/c1-5-13-9-11(4)17(15,16)14-8-6-7-12(14)10(2)3/h10-13H,5-9H2,1-4H3. The number of hydrogen-bond acceptors (Lipinski definition) is 3. The number of hydrogen-bond donors (Lipinski definition) is 1. The molecule has 0 saturated carbocycles. The monoisotopic (exact) mass is 262 g/mol. The lowest BCUT2D eigenvalue weighted by atomic mass is 10.0. The van der Waals surface area contributed by atoms with Crippen molar-refractivity contribution in [2.24, 2.45) is 5.92 Å². The lowest BCUT2D eigenvalue weighted by Crippen LogP contribution is -2.45.